The van der Waals surface area contributed by atoms with E-state index in [1.165, 1.54) is 33.5 Å². The lowest BCUT2D eigenvalue weighted by Crippen LogP contribution is -2.23. The van der Waals surface area contributed by atoms with Gasteiger partial charge in [-0.15, -0.1) is 0 Å². The van der Waals surface area contributed by atoms with Crippen LogP contribution in [0.1, 0.15) is 23.7 Å². The molecular weight excluding hydrogens is 264 g/mol. The summed E-state index contributed by atoms with van der Waals surface area (Å²) in [5.41, 5.74) is 0.216. The van der Waals surface area contributed by atoms with Gasteiger partial charge in [-0.2, -0.15) is 0 Å². The van der Waals surface area contributed by atoms with Gasteiger partial charge in [0, 0.05) is 5.56 Å². The largest absolute Gasteiger partial charge is 0.493 e. The Kier molecular flexibility index (Phi) is 5.37. The number of carbonyl (C=O) groups is 2. The maximum atomic E-state index is 12.2. The average Bonchev–Trinajstić information content (AvgIpc) is 2.45. The summed E-state index contributed by atoms with van der Waals surface area (Å²) in [6.45, 7) is 1.65. The third-order valence-corrected chi connectivity index (χ3v) is 2.97. The first-order valence-electron chi connectivity index (χ1n) is 6.07. The molecule has 20 heavy (non-hydrogen) atoms. The van der Waals surface area contributed by atoms with E-state index in [4.69, 9.17) is 19.3 Å². The molecule has 0 amide bonds. The number of methoxy groups -OCH3 is 3. The monoisotopic (exact) mass is 282 g/mol. The predicted molar refractivity (Wildman–Crippen MR) is 71.8 cm³/mol. The Balaban J connectivity index is 3.32. The standard InChI is InChI=1S/C14H18O6/c1-5-9(14(16)17)12(15)8-6-10(18-2)13(20-4)11(7-8)19-3/h6-7,9H,5H2,1-4H3,(H,16,17). The zero-order valence-electron chi connectivity index (χ0n) is 11.9. The Morgan fingerprint density at radius 1 is 1.10 bits per heavy atom. The molecule has 0 radical (unpaired) electrons. The molecule has 1 N–H and O–H groups in total. The van der Waals surface area contributed by atoms with Crippen molar-refractivity contribution in [3.05, 3.63) is 17.7 Å². The van der Waals surface area contributed by atoms with E-state index in [0.717, 1.165) is 0 Å². The van der Waals surface area contributed by atoms with Crippen molar-refractivity contribution in [3.63, 3.8) is 0 Å². The summed E-state index contributed by atoms with van der Waals surface area (Å²) in [5, 5.41) is 9.05. The third-order valence-electron chi connectivity index (χ3n) is 2.97. The second-order valence-corrected chi connectivity index (χ2v) is 4.08. The second kappa shape index (κ2) is 6.79. The number of benzene rings is 1. The van der Waals surface area contributed by atoms with Crippen LogP contribution in [0, 0.1) is 5.92 Å². The molecular formula is C14H18O6. The molecule has 0 saturated heterocycles. The highest BCUT2D eigenvalue weighted by atomic mass is 16.5. The molecule has 0 aromatic heterocycles. The molecule has 110 valence electrons. The number of aliphatic carboxylic acids is 1. The minimum atomic E-state index is -1.15. The van der Waals surface area contributed by atoms with Gasteiger partial charge in [-0.1, -0.05) is 6.92 Å². The number of ether oxygens (including phenoxy) is 3. The van der Waals surface area contributed by atoms with Crippen LogP contribution in [0.15, 0.2) is 12.1 Å². The lowest BCUT2D eigenvalue weighted by Gasteiger charge is -2.15. The maximum absolute atomic E-state index is 12.2. The Morgan fingerprint density at radius 3 is 1.90 bits per heavy atom. The van der Waals surface area contributed by atoms with Crippen molar-refractivity contribution in [1.29, 1.82) is 0 Å². The highest BCUT2D eigenvalue weighted by Gasteiger charge is 2.27. The van der Waals surface area contributed by atoms with Crippen molar-refractivity contribution in [2.75, 3.05) is 21.3 Å². The lowest BCUT2D eigenvalue weighted by atomic mass is 9.95. The molecule has 0 saturated carbocycles. The van der Waals surface area contributed by atoms with E-state index < -0.39 is 17.7 Å². The van der Waals surface area contributed by atoms with Gasteiger partial charge in [0.1, 0.15) is 5.92 Å². The number of rotatable bonds is 7. The van der Waals surface area contributed by atoms with Crippen LogP contribution < -0.4 is 14.2 Å². The second-order valence-electron chi connectivity index (χ2n) is 4.08. The quantitative estimate of drug-likeness (QED) is 0.608. The van der Waals surface area contributed by atoms with Gasteiger partial charge in [0.2, 0.25) is 5.75 Å². The highest BCUT2D eigenvalue weighted by molar-refractivity contribution is 6.08. The van der Waals surface area contributed by atoms with Gasteiger partial charge in [-0.25, -0.2) is 0 Å². The van der Waals surface area contributed by atoms with E-state index in [-0.39, 0.29) is 12.0 Å². The van der Waals surface area contributed by atoms with Crippen molar-refractivity contribution in [2.24, 2.45) is 5.92 Å². The van der Waals surface area contributed by atoms with Gasteiger partial charge in [-0.05, 0) is 18.6 Å². The zero-order chi connectivity index (χ0) is 15.3. The molecule has 1 aromatic carbocycles. The van der Waals surface area contributed by atoms with Gasteiger partial charge in [0.05, 0.1) is 21.3 Å². The van der Waals surface area contributed by atoms with Crippen LogP contribution in [0.3, 0.4) is 0 Å². The highest BCUT2D eigenvalue weighted by Crippen LogP contribution is 2.38. The van der Waals surface area contributed by atoms with E-state index in [2.05, 4.69) is 0 Å². The van der Waals surface area contributed by atoms with Crippen LogP contribution in [0.4, 0.5) is 0 Å². The van der Waals surface area contributed by atoms with Crippen LogP contribution >= 0.6 is 0 Å². The van der Waals surface area contributed by atoms with Crippen LogP contribution in [0.25, 0.3) is 0 Å². The molecule has 1 unspecified atom stereocenters. The minimum absolute atomic E-state index is 0.213. The molecule has 1 atom stereocenters. The van der Waals surface area contributed by atoms with Gasteiger partial charge in [-0.3, -0.25) is 9.59 Å². The van der Waals surface area contributed by atoms with E-state index in [9.17, 15) is 9.59 Å². The molecule has 0 bridgehead atoms. The third kappa shape index (κ3) is 3.01. The van der Waals surface area contributed by atoms with Gasteiger partial charge < -0.3 is 19.3 Å². The van der Waals surface area contributed by atoms with E-state index in [1.54, 1.807) is 6.92 Å². The fraction of sp³-hybridized carbons (Fsp3) is 0.429. The molecule has 6 heteroatoms. The summed E-state index contributed by atoms with van der Waals surface area (Å²) < 4.78 is 15.4. The van der Waals surface area contributed by atoms with Crippen LogP contribution in [-0.2, 0) is 4.79 Å². The van der Waals surface area contributed by atoms with E-state index >= 15 is 0 Å². The Morgan fingerprint density at radius 2 is 1.60 bits per heavy atom. The first-order chi connectivity index (χ1) is 9.49. The first-order valence-corrected chi connectivity index (χ1v) is 6.07. The number of carboxylic acids is 1. The summed E-state index contributed by atoms with van der Waals surface area (Å²) in [6, 6.07) is 2.91. The fourth-order valence-electron chi connectivity index (χ4n) is 1.90. The summed E-state index contributed by atoms with van der Waals surface area (Å²) >= 11 is 0. The van der Waals surface area contributed by atoms with Crippen molar-refractivity contribution in [2.45, 2.75) is 13.3 Å². The molecule has 6 nitrogen and oxygen atoms in total. The summed E-state index contributed by atoms with van der Waals surface area (Å²) in [6.07, 6.45) is 0.213. The molecule has 0 aliphatic rings. The molecule has 0 aliphatic carbocycles. The lowest BCUT2D eigenvalue weighted by molar-refractivity contribution is -0.140. The van der Waals surface area contributed by atoms with Crippen LogP contribution in [-0.4, -0.2) is 38.2 Å². The molecule has 1 aromatic rings. The molecule has 0 spiro atoms. The van der Waals surface area contributed by atoms with Gasteiger partial charge >= 0.3 is 5.97 Å². The van der Waals surface area contributed by atoms with Crippen molar-refractivity contribution >= 4 is 11.8 Å². The minimum Gasteiger partial charge on any atom is -0.493 e. The summed E-state index contributed by atoms with van der Waals surface area (Å²) in [5.74, 6) is -1.73. The summed E-state index contributed by atoms with van der Waals surface area (Å²) in [7, 11) is 4.31. The number of Topliss-reactive ketones (excluding diaryl/α,β-unsaturated/α-hetero) is 1. The van der Waals surface area contributed by atoms with Crippen LogP contribution in [0.2, 0.25) is 0 Å². The van der Waals surface area contributed by atoms with Gasteiger partial charge in [0.25, 0.3) is 0 Å². The normalized spacial score (nSPS) is 11.6. The topological polar surface area (TPSA) is 82.1 Å². The first kappa shape index (κ1) is 15.8. The Hall–Kier alpha value is -2.24. The Labute approximate surface area is 117 Å². The fourth-order valence-corrected chi connectivity index (χ4v) is 1.90. The van der Waals surface area contributed by atoms with Crippen molar-refractivity contribution in [1.82, 2.24) is 0 Å². The number of carbonyl (C=O) groups excluding carboxylic acids is 1. The summed E-state index contributed by atoms with van der Waals surface area (Å²) in [4.78, 5) is 23.3. The average molecular weight is 282 g/mol. The van der Waals surface area contributed by atoms with E-state index in [0.29, 0.717) is 17.2 Å². The number of hydrogen-bond acceptors (Lipinski definition) is 5. The van der Waals surface area contributed by atoms with Crippen molar-refractivity contribution < 1.29 is 28.9 Å². The molecule has 0 aliphatic heterocycles. The SMILES string of the molecule is CCC(C(=O)O)C(=O)c1cc(OC)c(OC)c(OC)c1. The molecule has 0 fully saturated rings. The predicted octanol–water partition coefficient (Wildman–Crippen LogP) is 2.01. The smallest absolute Gasteiger partial charge is 0.314 e. The van der Waals surface area contributed by atoms with Crippen LogP contribution in [0.5, 0.6) is 17.2 Å². The Bertz CT molecular complexity index is 483. The number of hydrogen-bond donors (Lipinski definition) is 1. The maximum Gasteiger partial charge on any atom is 0.314 e. The number of ketones is 1. The zero-order valence-corrected chi connectivity index (χ0v) is 11.9. The van der Waals surface area contributed by atoms with E-state index in [1.807, 2.05) is 0 Å². The molecule has 0 heterocycles. The number of carboxylic acid groups (broad SMARTS) is 1. The molecule has 1 rings (SSSR count). The van der Waals surface area contributed by atoms with Crippen molar-refractivity contribution in [3.8, 4) is 17.2 Å². The van der Waals surface area contributed by atoms with Gasteiger partial charge in [0.15, 0.2) is 17.3 Å².